The first kappa shape index (κ1) is 10.9. The average molecular weight is 230 g/mol. The van der Waals surface area contributed by atoms with Crippen molar-refractivity contribution in [3.63, 3.8) is 0 Å². The summed E-state index contributed by atoms with van der Waals surface area (Å²) in [6.45, 7) is 0. The number of anilines is 3. The molecule has 4 N–H and O–H groups in total. The number of nitrogens with zero attached hydrogens (tertiary/aromatic N) is 2. The van der Waals surface area contributed by atoms with Crippen molar-refractivity contribution in [2.24, 2.45) is 0 Å². The Kier molecular flexibility index (Phi) is 2.87. The molecule has 0 bridgehead atoms. The Morgan fingerprint density at radius 2 is 1.71 bits per heavy atom. The Labute approximate surface area is 97.1 Å². The van der Waals surface area contributed by atoms with Crippen molar-refractivity contribution in [3.8, 4) is 0 Å². The largest absolute Gasteiger partial charge is 0.478 e. The second-order valence-corrected chi connectivity index (χ2v) is 3.34. The van der Waals surface area contributed by atoms with Crippen molar-refractivity contribution >= 4 is 23.3 Å². The molecule has 0 saturated heterocycles. The minimum Gasteiger partial charge on any atom is -0.478 e. The normalized spacial score (nSPS) is 9.88. The first-order chi connectivity index (χ1) is 8.15. The van der Waals surface area contributed by atoms with Crippen LogP contribution in [-0.4, -0.2) is 21.0 Å². The molecule has 0 saturated carbocycles. The second-order valence-electron chi connectivity index (χ2n) is 3.34. The van der Waals surface area contributed by atoms with Crippen molar-refractivity contribution < 1.29 is 9.90 Å². The summed E-state index contributed by atoms with van der Waals surface area (Å²) in [6, 6.07) is 6.37. The number of hydrogen-bond donors (Lipinski definition) is 3. The van der Waals surface area contributed by atoms with E-state index < -0.39 is 5.97 Å². The van der Waals surface area contributed by atoms with Crippen LogP contribution in [0.1, 0.15) is 10.4 Å². The molecule has 2 rings (SSSR count). The Morgan fingerprint density at radius 1 is 1.12 bits per heavy atom. The third-order valence-corrected chi connectivity index (χ3v) is 2.09. The summed E-state index contributed by atoms with van der Waals surface area (Å²) in [5.41, 5.74) is 7.03. The predicted octanol–water partition coefficient (Wildman–Crippen LogP) is 1.50. The summed E-state index contributed by atoms with van der Waals surface area (Å²) < 4.78 is 0. The first-order valence-electron chi connectivity index (χ1n) is 4.83. The summed E-state index contributed by atoms with van der Waals surface area (Å²) in [6.07, 6.45) is 3.10. The van der Waals surface area contributed by atoms with E-state index in [1.165, 1.54) is 12.1 Å². The van der Waals surface area contributed by atoms with Gasteiger partial charge in [-0.3, -0.25) is 0 Å². The monoisotopic (exact) mass is 230 g/mol. The molecule has 0 aliphatic carbocycles. The van der Waals surface area contributed by atoms with Gasteiger partial charge in [0.05, 0.1) is 23.6 Å². The van der Waals surface area contributed by atoms with Gasteiger partial charge in [-0.25, -0.2) is 14.8 Å². The van der Waals surface area contributed by atoms with E-state index in [9.17, 15) is 4.79 Å². The molecule has 0 aliphatic heterocycles. The maximum absolute atomic E-state index is 10.7. The molecule has 17 heavy (non-hydrogen) atoms. The molecule has 6 heteroatoms. The molecule has 1 heterocycles. The van der Waals surface area contributed by atoms with Gasteiger partial charge in [0, 0.05) is 5.69 Å². The van der Waals surface area contributed by atoms with Gasteiger partial charge in [-0.05, 0) is 24.3 Å². The molecular formula is C11H10N4O2. The van der Waals surface area contributed by atoms with E-state index in [4.69, 9.17) is 10.8 Å². The molecule has 1 aromatic carbocycles. The van der Waals surface area contributed by atoms with Gasteiger partial charge in [0.2, 0.25) is 5.95 Å². The van der Waals surface area contributed by atoms with Crippen molar-refractivity contribution in [3.05, 3.63) is 42.2 Å². The number of nitrogens with two attached hydrogens (primary N) is 1. The molecule has 2 aromatic rings. The predicted molar refractivity (Wildman–Crippen MR) is 63.1 cm³/mol. The van der Waals surface area contributed by atoms with E-state index in [2.05, 4.69) is 15.3 Å². The summed E-state index contributed by atoms with van der Waals surface area (Å²) in [5, 5.41) is 11.8. The van der Waals surface area contributed by atoms with E-state index >= 15 is 0 Å². The van der Waals surface area contributed by atoms with Gasteiger partial charge < -0.3 is 16.2 Å². The molecule has 0 radical (unpaired) electrons. The molecule has 0 unspecified atom stereocenters. The smallest absolute Gasteiger partial charge is 0.335 e. The van der Waals surface area contributed by atoms with Crippen LogP contribution in [-0.2, 0) is 0 Å². The van der Waals surface area contributed by atoms with Crippen molar-refractivity contribution in [2.45, 2.75) is 0 Å². The number of carboxylic acids is 1. The second kappa shape index (κ2) is 4.48. The molecule has 86 valence electrons. The number of nitrogens with one attached hydrogen (secondary N) is 1. The van der Waals surface area contributed by atoms with E-state index in [1.807, 2.05) is 0 Å². The summed E-state index contributed by atoms with van der Waals surface area (Å²) in [4.78, 5) is 18.3. The van der Waals surface area contributed by atoms with Crippen LogP contribution in [0.5, 0.6) is 0 Å². The number of hydrogen-bond acceptors (Lipinski definition) is 5. The highest BCUT2D eigenvalue weighted by molar-refractivity contribution is 5.88. The van der Waals surface area contributed by atoms with Gasteiger partial charge in [-0.1, -0.05) is 0 Å². The van der Waals surface area contributed by atoms with Gasteiger partial charge >= 0.3 is 5.97 Å². The third-order valence-electron chi connectivity index (χ3n) is 2.09. The first-order valence-corrected chi connectivity index (χ1v) is 4.83. The quantitative estimate of drug-likeness (QED) is 0.738. The van der Waals surface area contributed by atoms with E-state index in [0.717, 1.165) is 5.69 Å². The lowest BCUT2D eigenvalue weighted by atomic mass is 10.2. The Bertz CT molecular complexity index is 522. The number of nitrogen functional groups attached to an aromatic ring is 1. The fourth-order valence-corrected chi connectivity index (χ4v) is 1.27. The molecule has 0 atom stereocenters. The maximum atomic E-state index is 10.7. The minimum absolute atomic E-state index is 0.205. The fourth-order valence-electron chi connectivity index (χ4n) is 1.27. The van der Waals surface area contributed by atoms with Gasteiger partial charge in [0.15, 0.2) is 0 Å². The van der Waals surface area contributed by atoms with Gasteiger partial charge in [-0.15, -0.1) is 0 Å². The number of aromatic carboxylic acids is 1. The molecular weight excluding hydrogens is 220 g/mol. The van der Waals surface area contributed by atoms with E-state index in [1.54, 1.807) is 24.5 Å². The van der Waals surface area contributed by atoms with Crippen LogP contribution in [0.25, 0.3) is 0 Å². The van der Waals surface area contributed by atoms with Crippen molar-refractivity contribution in [1.29, 1.82) is 0 Å². The summed E-state index contributed by atoms with van der Waals surface area (Å²) in [7, 11) is 0. The van der Waals surface area contributed by atoms with Crippen LogP contribution in [0.3, 0.4) is 0 Å². The number of carboxylic acid groups (broad SMARTS) is 1. The molecule has 0 spiro atoms. The average Bonchev–Trinajstić information content (AvgIpc) is 2.33. The lowest BCUT2D eigenvalue weighted by Gasteiger charge is -2.05. The number of aromatic nitrogens is 2. The Morgan fingerprint density at radius 3 is 2.24 bits per heavy atom. The molecule has 0 fully saturated rings. The van der Waals surface area contributed by atoms with Crippen LogP contribution in [0.2, 0.25) is 0 Å². The summed E-state index contributed by atoms with van der Waals surface area (Å²) in [5.74, 6) is -0.746. The zero-order chi connectivity index (χ0) is 12.3. The van der Waals surface area contributed by atoms with Crippen LogP contribution in [0, 0.1) is 0 Å². The van der Waals surface area contributed by atoms with Crippen molar-refractivity contribution in [2.75, 3.05) is 11.1 Å². The van der Waals surface area contributed by atoms with Crippen molar-refractivity contribution in [1.82, 2.24) is 9.97 Å². The Hall–Kier alpha value is -2.63. The number of benzene rings is 1. The lowest BCUT2D eigenvalue weighted by molar-refractivity contribution is 0.0697. The highest BCUT2D eigenvalue weighted by Crippen LogP contribution is 2.15. The van der Waals surface area contributed by atoms with Crippen LogP contribution >= 0.6 is 0 Å². The zero-order valence-electron chi connectivity index (χ0n) is 8.79. The van der Waals surface area contributed by atoms with Crippen LogP contribution in [0.15, 0.2) is 36.7 Å². The molecule has 1 aromatic heterocycles. The van der Waals surface area contributed by atoms with Gasteiger partial charge in [0.25, 0.3) is 0 Å². The molecule has 6 nitrogen and oxygen atoms in total. The van der Waals surface area contributed by atoms with E-state index in [-0.39, 0.29) is 11.5 Å². The third kappa shape index (κ3) is 2.69. The fraction of sp³-hybridized carbons (Fsp3) is 0. The molecule has 0 amide bonds. The Balaban J connectivity index is 2.13. The standard InChI is InChI=1S/C11H10N4O2/c12-11-13-5-9(6-14-11)15-8-3-1-7(2-4-8)10(16)17/h1-6,15H,(H,16,17)(H2,12,13,14). The lowest BCUT2D eigenvalue weighted by Crippen LogP contribution is -1.98. The SMILES string of the molecule is Nc1ncc(Nc2ccc(C(=O)O)cc2)cn1. The highest BCUT2D eigenvalue weighted by atomic mass is 16.4. The summed E-state index contributed by atoms with van der Waals surface area (Å²) >= 11 is 0. The van der Waals surface area contributed by atoms with E-state index in [0.29, 0.717) is 5.69 Å². The van der Waals surface area contributed by atoms with Crippen LogP contribution < -0.4 is 11.1 Å². The number of carbonyl (C=O) groups is 1. The molecule has 0 aliphatic rings. The minimum atomic E-state index is -0.952. The van der Waals surface area contributed by atoms with Crippen LogP contribution in [0.4, 0.5) is 17.3 Å². The maximum Gasteiger partial charge on any atom is 0.335 e. The van der Waals surface area contributed by atoms with Gasteiger partial charge in [-0.2, -0.15) is 0 Å². The van der Waals surface area contributed by atoms with Gasteiger partial charge in [0.1, 0.15) is 0 Å². The zero-order valence-corrected chi connectivity index (χ0v) is 8.79. The topological polar surface area (TPSA) is 101 Å². The highest BCUT2D eigenvalue weighted by Gasteiger charge is 2.01. The number of rotatable bonds is 3.